The third-order valence-electron chi connectivity index (χ3n) is 2.89. The van der Waals surface area contributed by atoms with Gasteiger partial charge in [-0.05, 0) is 42.2 Å². The summed E-state index contributed by atoms with van der Waals surface area (Å²) in [6.07, 6.45) is 3.17. The normalized spacial score (nSPS) is 15.7. The van der Waals surface area contributed by atoms with Crippen LogP contribution in [0.4, 0.5) is 5.69 Å². The van der Waals surface area contributed by atoms with Crippen molar-refractivity contribution in [3.63, 3.8) is 0 Å². The molecule has 0 radical (unpaired) electrons. The lowest BCUT2D eigenvalue weighted by Gasteiger charge is -2.11. The van der Waals surface area contributed by atoms with Crippen molar-refractivity contribution < 1.29 is 5.11 Å². The zero-order valence-electron chi connectivity index (χ0n) is 9.33. The van der Waals surface area contributed by atoms with Crippen LogP contribution in [0.2, 0.25) is 0 Å². The highest BCUT2D eigenvalue weighted by molar-refractivity contribution is 5.64. The monoisotopic (exact) mass is 203 g/mol. The molecule has 0 aliphatic carbocycles. The van der Waals surface area contributed by atoms with Gasteiger partial charge >= 0.3 is 0 Å². The second-order valence-electron chi connectivity index (χ2n) is 4.21. The molecular formula is C13H17NO. The lowest BCUT2D eigenvalue weighted by atomic mass is 10.1. The van der Waals surface area contributed by atoms with Crippen molar-refractivity contribution in [1.29, 1.82) is 0 Å². The van der Waals surface area contributed by atoms with Crippen LogP contribution >= 0.6 is 0 Å². The van der Waals surface area contributed by atoms with Crippen LogP contribution in [-0.2, 0) is 6.42 Å². The Labute approximate surface area is 90.8 Å². The Morgan fingerprint density at radius 3 is 3.07 bits per heavy atom. The summed E-state index contributed by atoms with van der Waals surface area (Å²) in [5, 5.41) is 8.96. The topological polar surface area (TPSA) is 23.5 Å². The number of hydrogen-bond donors (Lipinski definition) is 1. The summed E-state index contributed by atoms with van der Waals surface area (Å²) in [6, 6.07) is 6.50. The van der Waals surface area contributed by atoms with Crippen LogP contribution in [0.5, 0.6) is 0 Å². The van der Waals surface area contributed by atoms with Crippen LogP contribution in [-0.4, -0.2) is 25.3 Å². The fourth-order valence-electron chi connectivity index (χ4n) is 2.01. The molecular weight excluding hydrogens is 186 g/mol. The minimum absolute atomic E-state index is 0.136. The van der Waals surface area contributed by atoms with Gasteiger partial charge in [-0.1, -0.05) is 12.1 Å². The van der Waals surface area contributed by atoms with Crippen LogP contribution in [0.15, 0.2) is 23.8 Å². The van der Waals surface area contributed by atoms with Gasteiger partial charge in [0.1, 0.15) is 0 Å². The first-order valence-corrected chi connectivity index (χ1v) is 5.33. The number of hydrogen-bond acceptors (Lipinski definition) is 2. The number of likely N-dealkylation sites (N-methyl/N-ethyl adjacent to an activating group) is 1. The molecule has 0 bridgehead atoms. The summed E-state index contributed by atoms with van der Waals surface area (Å²) in [4.78, 5) is 2.28. The Kier molecular flexibility index (Phi) is 2.78. The highest BCUT2D eigenvalue weighted by atomic mass is 16.3. The fourth-order valence-corrected chi connectivity index (χ4v) is 2.01. The van der Waals surface area contributed by atoms with Gasteiger partial charge in [0.2, 0.25) is 0 Å². The van der Waals surface area contributed by atoms with Crippen molar-refractivity contribution in [2.45, 2.75) is 13.3 Å². The average Bonchev–Trinajstić information content (AvgIpc) is 2.60. The minimum atomic E-state index is 0.136. The molecule has 0 aromatic heterocycles. The highest BCUT2D eigenvalue weighted by Gasteiger charge is 2.14. The quantitative estimate of drug-likeness (QED) is 0.795. The molecule has 0 spiro atoms. The summed E-state index contributed by atoms with van der Waals surface area (Å²) in [6.45, 7) is 3.19. The maximum Gasteiger partial charge on any atom is 0.0642 e. The number of aliphatic hydroxyl groups is 1. The summed E-state index contributed by atoms with van der Waals surface area (Å²) in [7, 11) is 2.13. The van der Waals surface area contributed by atoms with Crippen LogP contribution in [0, 0.1) is 0 Å². The van der Waals surface area contributed by atoms with Gasteiger partial charge in [-0.15, -0.1) is 0 Å². The van der Waals surface area contributed by atoms with Gasteiger partial charge in [0, 0.05) is 19.3 Å². The van der Waals surface area contributed by atoms with Crippen LogP contribution < -0.4 is 4.90 Å². The third-order valence-corrected chi connectivity index (χ3v) is 2.89. The molecule has 2 heteroatoms. The van der Waals surface area contributed by atoms with E-state index in [4.69, 9.17) is 5.11 Å². The largest absolute Gasteiger partial charge is 0.392 e. The van der Waals surface area contributed by atoms with Gasteiger partial charge in [0.15, 0.2) is 0 Å². The summed E-state index contributed by atoms with van der Waals surface area (Å²) in [5.74, 6) is 0. The van der Waals surface area contributed by atoms with Gasteiger partial charge in [-0.25, -0.2) is 0 Å². The van der Waals surface area contributed by atoms with E-state index in [-0.39, 0.29) is 6.61 Å². The van der Waals surface area contributed by atoms with Crippen molar-refractivity contribution in [2.75, 3.05) is 25.1 Å². The molecule has 1 heterocycles. The highest BCUT2D eigenvalue weighted by Crippen LogP contribution is 2.27. The van der Waals surface area contributed by atoms with E-state index in [0.29, 0.717) is 0 Å². The van der Waals surface area contributed by atoms with Crippen molar-refractivity contribution in [3.05, 3.63) is 34.9 Å². The van der Waals surface area contributed by atoms with Crippen molar-refractivity contribution in [2.24, 2.45) is 0 Å². The van der Waals surface area contributed by atoms with E-state index in [1.54, 1.807) is 0 Å². The molecule has 1 aromatic carbocycles. The van der Waals surface area contributed by atoms with E-state index >= 15 is 0 Å². The van der Waals surface area contributed by atoms with E-state index in [0.717, 1.165) is 18.5 Å². The Balaban J connectivity index is 2.31. The Bertz CT molecular complexity index is 396. The number of rotatable bonds is 2. The second kappa shape index (κ2) is 4.07. The van der Waals surface area contributed by atoms with Gasteiger partial charge < -0.3 is 10.0 Å². The lowest BCUT2D eigenvalue weighted by molar-refractivity contribution is 0.332. The number of fused-ring (bicyclic) bond motifs is 1. The lowest BCUT2D eigenvalue weighted by Crippen LogP contribution is -2.12. The van der Waals surface area contributed by atoms with Gasteiger partial charge in [-0.2, -0.15) is 0 Å². The predicted octanol–water partition coefficient (Wildman–Crippen LogP) is 2.07. The third kappa shape index (κ3) is 2.05. The number of aliphatic hydroxyl groups excluding tert-OH is 1. The number of nitrogens with zero attached hydrogens (tertiary/aromatic N) is 1. The Morgan fingerprint density at radius 1 is 1.53 bits per heavy atom. The Morgan fingerprint density at radius 2 is 2.33 bits per heavy atom. The predicted molar refractivity (Wildman–Crippen MR) is 64.2 cm³/mol. The zero-order chi connectivity index (χ0) is 10.8. The first-order chi connectivity index (χ1) is 7.20. The number of benzene rings is 1. The molecule has 80 valence electrons. The van der Waals surface area contributed by atoms with Crippen molar-refractivity contribution >= 4 is 11.8 Å². The maximum absolute atomic E-state index is 8.96. The second-order valence-corrected chi connectivity index (χ2v) is 4.21. The van der Waals surface area contributed by atoms with Gasteiger partial charge in [0.05, 0.1) is 6.61 Å². The molecule has 2 rings (SSSR count). The minimum Gasteiger partial charge on any atom is -0.392 e. The smallest absolute Gasteiger partial charge is 0.0642 e. The van der Waals surface area contributed by atoms with E-state index in [1.165, 1.54) is 16.8 Å². The van der Waals surface area contributed by atoms with E-state index in [9.17, 15) is 0 Å². The first kappa shape index (κ1) is 10.2. The summed E-state index contributed by atoms with van der Waals surface area (Å²) in [5.41, 5.74) is 4.95. The molecule has 1 aliphatic heterocycles. The Hall–Kier alpha value is -1.28. The average molecular weight is 203 g/mol. The summed E-state index contributed by atoms with van der Waals surface area (Å²) < 4.78 is 0. The molecule has 0 amide bonds. The molecule has 15 heavy (non-hydrogen) atoms. The molecule has 0 atom stereocenters. The standard InChI is InChI=1S/C13H17NO/c1-10(9-15)7-11-3-4-13-12(8-11)5-6-14(13)2/h3-4,7-8,15H,5-6,9H2,1-2H3. The maximum atomic E-state index is 8.96. The first-order valence-electron chi connectivity index (χ1n) is 5.33. The molecule has 2 nitrogen and oxygen atoms in total. The van der Waals surface area contributed by atoms with Crippen LogP contribution in [0.1, 0.15) is 18.1 Å². The zero-order valence-corrected chi connectivity index (χ0v) is 9.33. The SMILES string of the molecule is CC(=Cc1ccc2c(c1)CCN2C)CO. The van der Waals surface area contributed by atoms with Crippen LogP contribution in [0.3, 0.4) is 0 Å². The van der Waals surface area contributed by atoms with E-state index in [2.05, 4.69) is 30.1 Å². The van der Waals surface area contributed by atoms with E-state index < -0.39 is 0 Å². The summed E-state index contributed by atoms with van der Waals surface area (Å²) >= 11 is 0. The van der Waals surface area contributed by atoms with E-state index in [1.807, 2.05) is 13.0 Å². The molecule has 0 saturated carbocycles. The molecule has 0 fully saturated rings. The molecule has 1 aliphatic rings. The molecule has 0 saturated heterocycles. The van der Waals surface area contributed by atoms with Crippen molar-refractivity contribution in [3.8, 4) is 0 Å². The molecule has 1 N–H and O–H groups in total. The van der Waals surface area contributed by atoms with Crippen molar-refractivity contribution in [1.82, 2.24) is 0 Å². The fraction of sp³-hybridized carbons (Fsp3) is 0.385. The molecule has 1 aromatic rings. The number of anilines is 1. The molecule has 0 unspecified atom stereocenters. The van der Waals surface area contributed by atoms with Gasteiger partial charge in [0.25, 0.3) is 0 Å². The van der Waals surface area contributed by atoms with Crippen LogP contribution in [0.25, 0.3) is 6.08 Å². The van der Waals surface area contributed by atoms with Gasteiger partial charge in [-0.3, -0.25) is 0 Å².